The van der Waals surface area contributed by atoms with Gasteiger partial charge in [-0.2, -0.15) is 0 Å². The van der Waals surface area contributed by atoms with Gasteiger partial charge in [-0.15, -0.1) is 0 Å². The molecule has 0 bridgehead atoms. The molecule has 0 aliphatic carbocycles. The molecule has 0 aromatic heterocycles. The molecule has 0 aliphatic heterocycles. The van der Waals surface area contributed by atoms with Crippen LogP contribution in [0.4, 0.5) is 0 Å². The van der Waals surface area contributed by atoms with Gasteiger partial charge in [0.2, 0.25) is 0 Å². The van der Waals surface area contributed by atoms with Crippen molar-refractivity contribution in [3.63, 3.8) is 0 Å². The van der Waals surface area contributed by atoms with Crippen LogP contribution in [0.15, 0.2) is 24.3 Å². The van der Waals surface area contributed by atoms with E-state index in [0.29, 0.717) is 23.9 Å². The molecule has 1 aromatic carbocycles. The summed E-state index contributed by atoms with van der Waals surface area (Å²) < 4.78 is 10.2. The van der Waals surface area contributed by atoms with Crippen LogP contribution in [0.25, 0.3) is 0 Å². The lowest BCUT2D eigenvalue weighted by atomic mass is 10.3. The van der Waals surface area contributed by atoms with E-state index in [1.807, 2.05) is 0 Å². The SMILES string of the molecule is CCN(CC)CCOC(=O)CCC(=O)Oc1ccccc1Cl. The first-order valence-electron chi connectivity index (χ1n) is 7.40. The molecule has 0 aliphatic rings. The number of carbonyl (C=O) groups excluding carboxylic acids is 2. The molecule has 1 rings (SSSR count). The van der Waals surface area contributed by atoms with Crippen LogP contribution in [0, 0.1) is 0 Å². The van der Waals surface area contributed by atoms with Gasteiger partial charge in [-0.3, -0.25) is 9.59 Å². The number of nitrogens with zero attached hydrogens (tertiary/aromatic N) is 1. The van der Waals surface area contributed by atoms with E-state index in [4.69, 9.17) is 21.1 Å². The normalized spacial score (nSPS) is 10.5. The van der Waals surface area contributed by atoms with Gasteiger partial charge in [-0.25, -0.2) is 0 Å². The topological polar surface area (TPSA) is 55.8 Å². The summed E-state index contributed by atoms with van der Waals surface area (Å²) in [4.78, 5) is 25.3. The quantitative estimate of drug-likeness (QED) is 0.515. The summed E-state index contributed by atoms with van der Waals surface area (Å²) in [6.45, 7) is 6.96. The fourth-order valence-electron chi connectivity index (χ4n) is 1.81. The second-order valence-corrected chi connectivity index (χ2v) is 5.06. The number of hydrogen-bond acceptors (Lipinski definition) is 5. The standard InChI is InChI=1S/C16H22ClNO4/c1-3-18(4-2)11-12-21-15(19)9-10-16(20)22-14-8-6-5-7-13(14)17/h5-8H,3-4,9-12H2,1-2H3. The molecular weight excluding hydrogens is 306 g/mol. The first-order valence-corrected chi connectivity index (χ1v) is 7.77. The zero-order valence-corrected chi connectivity index (χ0v) is 13.8. The summed E-state index contributed by atoms with van der Waals surface area (Å²) in [5.74, 6) is -0.610. The lowest BCUT2D eigenvalue weighted by molar-refractivity contribution is -0.147. The van der Waals surface area contributed by atoms with Gasteiger partial charge in [0.25, 0.3) is 0 Å². The van der Waals surface area contributed by atoms with Crippen LogP contribution in [0.5, 0.6) is 5.75 Å². The van der Waals surface area contributed by atoms with E-state index in [2.05, 4.69) is 18.7 Å². The first-order chi connectivity index (χ1) is 10.6. The van der Waals surface area contributed by atoms with Crippen LogP contribution in [0.1, 0.15) is 26.7 Å². The van der Waals surface area contributed by atoms with Crippen molar-refractivity contribution in [3.05, 3.63) is 29.3 Å². The zero-order valence-electron chi connectivity index (χ0n) is 13.0. The molecule has 0 N–H and O–H groups in total. The number of rotatable bonds is 9. The molecule has 0 fully saturated rings. The smallest absolute Gasteiger partial charge is 0.311 e. The number of para-hydroxylation sites is 1. The summed E-state index contributed by atoms with van der Waals surface area (Å²) in [7, 11) is 0. The van der Waals surface area contributed by atoms with E-state index >= 15 is 0 Å². The van der Waals surface area contributed by atoms with E-state index in [-0.39, 0.29) is 12.8 Å². The molecule has 0 radical (unpaired) electrons. The Labute approximate surface area is 136 Å². The van der Waals surface area contributed by atoms with Crippen molar-refractivity contribution in [3.8, 4) is 5.75 Å². The zero-order chi connectivity index (χ0) is 16.4. The molecule has 5 nitrogen and oxygen atoms in total. The summed E-state index contributed by atoms with van der Waals surface area (Å²) >= 11 is 5.88. The Bertz CT molecular complexity index is 489. The van der Waals surface area contributed by atoms with Crippen molar-refractivity contribution in [1.29, 1.82) is 0 Å². The lowest BCUT2D eigenvalue weighted by Gasteiger charge is -2.17. The van der Waals surface area contributed by atoms with E-state index in [9.17, 15) is 9.59 Å². The molecule has 0 saturated heterocycles. The van der Waals surface area contributed by atoms with E-state index in [0.717, 1.165) is 13.1 Å². The molecule has 6 heteroatoms. The average Bonchev–Trinajstić information content (AvgIpc) is 2.52. The number of ether oxygens (including phenoxy) is 2. The third-order valence-corrected chi connectivity index (χ3v) is 3.47. The molecule has 0 heterocycles. The summed E-state index contributed by atoms with van der Waals surface area (Å²) in [5.41, 5.74) is 0. The Hall–Kier alpha value is -1.59. The van der Waals surface area contributed by atoms with Crippen molar-refractivity contribution < 1.29 is 19.1 Å². The Balaban J connectivity index is 2.23. The van der Waals surface area contributed by atoms with Crippen molar-refractivity contribution in [1.82, 2.24) is 4.90 Å². The van der Waals surface area contributed by atoms with Gasteiger partial charge in [0.1, 0.15) is 12.4 Å². The second-order valence-electron chi connectivity index (χ2n) is 4.65. The molecule has 0 unspecified atom stereocenters. The number of likely N-dealkylation sites (N-methyl/N-ethyl adjacent to an activating group) is 1. The highest BCUT2D eigenvalue weighted by molar-refractivity contribution is 6.32. The highest BCUT2D eigenvalue weighted by Gasteiger charge is 2.12. The minimum Gasteiger partial charge on any atom is -0.464 e. The van der Waals surface area contributed by atoms with Gasteiger partial charge in [0, 0.05) is 6.54 Å². The maximum absolute atomic E-state index is 11.6. The molecule has 0 spiro atoms. The predicted octanol–water partition coefficient (Wildman–Crippen LogP) is 2.91. The van der Waals surface area contributed by atoms with Crippen LogP contribution < -0.4 is 4.74 Å². The first kappa shape index (κ1) is 18.5. The molecule has 22 heavy (non-hydrogen) atoms. The van der Waals surface area contributed by atoms with Crippen LogP contribution in [-0.2, 0) is 14.3 Å². The third-order valence-electron chi connectivity index (χ3n) is 3.16. The summed E-state index contributed by atoms with van der Waals surface area (Å²) in [6.07, 6.45) is -0.0309. The Kier molecular flexibility index (Phi) is 8.55. The largest absolute Gasteiger partial charge is 0.464 e. The van der Waals surface area contributed by atoms with Gasteiger partial charge in [-0.05, 0) is 25.2 Å². The Morgan fingerprint density at radius 3 is 2.36 bits per heavy atom. The minimum absolute atomic E-state index is 0.00152. The molecule has 0 saturated carbocycles. The maximum atomic E-state index is 11.6. The fourth-order valence-corrected chi connectivity index (χ4v) is 1.98. The van der Waals surface area contributed by atoms with Gasteiger partial charge >= 0.3 is 11.9 Å². The van der Waals surface area contributed by atoms with E-state index in [1.54, 1.807) is 24.3 Å². The van der Waals surface area contributed by atoms with Crippen molar-refractivity contribution >= 4 is 23.5 Å². The number of esters is 2. The number of hydrogen-bond donors (Lipinski definition) is 0. The second kappa shape index (κ2) is 10.2. The Morgan fingerprint density at radius 1 is 1.09 bits per heavy atom. The molecule has 122 valence electrons. The minimum atomic E-state index is -0.506. The van der Waals surface area contributed by atoms with Gasteiger partial charge in [0.05, 0.1) is 17.9 Å². The highest BCUT2D eigenvalue weighted by atomic mass is 35.5. The van der Waals surface area contributed by atoms with Gasteiger partial charge in [0.15, 0.2) is 0 Å². The van der Waals surface area contributed by atoms with Crippen molar-refractivity contribution in [2.24, 2.45) is 0 Å². The molecule has 0 atom stereocenters. The summed E-state index contributed by atoms with van der Waals surface area (Å²) in [5, 5.41) is 0.359. The predicted molar refractivity (Wildman–Crippen MR) is 85.1 cm³/mol. The Morgan fingerprint density at radius 2 is 1.73 bits per heavy atom. The fraction of sp³-hybridized carbons (Fsp3) is 0.500. The van der Waals surface area contributed by atoms with Crippen LogP contribution in [0.3, 0.4) is 0 Å². The highest BCUT2D eigenvalue weighted by Crippen LogP contribution is 2.23. The molecule has 1 aromatic rings. The number of benzene rings is 1. The molecule has 0 amide bonds. The van der Waals surface area contributed by atoms with E-state index < -0.39 is 11.9 Å². The average molecular weight is 328 g/mol. The van der Waals surface area contributed by atoms with E-state index in [1.165, 1.54) is 0 Å². The number of halogens is 1. The van der Waals surface area contributed by atoms with Crippen molar-refractivity contribution in [2.75, 3.05) is 26.2 Å². The monoisotopic (exact) mass is 327 g/mol. The summed E-state index contributed by atoms with van der Waals surface area (Å²) in [6, 6.07) is 6.69. The number of carbonyl (C=O) groups is 2. The maximum Gasteiger partial charge on any atom is 0.311 e. The molecular formula is C16H22ClNO4. The van der Waals surface area contributed by atoms with Crippen LogP contribution in [-0.4, -0.2) is 43.1 Å². The lowest BCUT2D eigenvalue weighted by Crippen LogP contribution is -2.28. The van der Waals surface area contributed by atoms with Gasteiger partial charge < -0.3 is 14.4 Å². The third kappa shape index (κ3) is 6.91. The van der Waals surface area contributed by atoms with Gasteiger partial charge in [-0.1, -0.05) is 37.6 Å². The van der Waals surface area contributed by atoms with Crippen LogP contribution >= 0.6 is 11.6 Å². The van der Waals surface area contributed by atoms with Crippen LogP contribution in [0.2, 0.25) is 5.02 Å². The van der Waals surface area contributed by atoms with Crippen molar-refractivity contribution in [2.45, 2.75) is 26.7 Å².